The first-order chi connectivity index (χ1) is 8.47. The van der Waals surface area contributed by atoms with Gasteiger partial charge in [0, 0.05) is 9.35 Å². The minimum absolute atomic E-state index is 0.120. The number of nitrogens with two attached hydrogens (primary N) is 1. The van der Waals surface area contributed by atoms with E-state index in [4.69, 9.17) is 5.73 Å². The summed E-state index contributed by atoms with van der Waals surface area (Å²) in [4.78, 5) is 13.9. The minimum Gasteiger partial charge on any atom is -0.397 e. The first-order valence-electron chi connectivity index (χ1n) is 5.41. The molecule has 0 bridgehead atoms. The maximum absolute atomic E-state index is 12.0. The molecule has 0 aliphatic carbocycles. The van der Waals surface area contributed by atoms with Gasteiger partial charge in [-0.15, -0.1) is 11.3 Å². The zero-order valence-corrected chi connectivity index (χ0v) is 12.5. The van der Waals surface area contributed by atoms with Crippen molar-refractivity contribution in [2.45, 2.75) is 13.8 Å². The van der Waals surface area contributed by atoms with Crippen LogP contribution in [0.2, 0.25) is 0 Å². The predicted molar refractivity (Wildman–Crippen MR) is 80.3 cm³/mol. The monoisotopic (exact) mass is 324 g/mol. The predicted octanol–water partition coefficient (Wildman–Crippen LogP) is 3.96. The number of nitrogens with one attached hydrogen (secondary N) is 1. The third-order valence-corrected chi connectivity index (χ3v) is 4.30. The molecule has 0 saturated carbocycles. The molecule has 1 aromatic heterocycles. The fourth-order valence-corrected chi connectivity index (χ4v) is 2.82. The van der Waals surface area contributed by atoms with Crippen LogP contribution in [0.1, 0.15) is 20.1 Å². The second-order valence-corrected chi connectivity index (χ2v) is 6.21. The van der Waals surface area contributed by atoms with Gasteiger partial charge in [-0.25, -0.2) is 0 Å². The SMILES string of the molecule is Cc1cc(C(=O)Nc2ccc(Br)cc2N)sc1C. The second kappa shape index (κ2) is 5.12. The average molecular weight is 325 g/mol. The maximum atomic E-state index is 12.0. The number of nitrogen functional groups attached to an aromatic ring is 1. The molecule has 0 spiro atoms. The highest BCUT2D eigenvalue weighted by Gasteiger charge is 2.12. The minimum atomic E-state index is -0.120. The molecule has 1 heterocycles. The van der Waals surface area contributed by atoms with Gasteiger partial charge in [0.15, 0.2) is 0 Å². The number of hydrogen-bond donors (Lipinski definition) is 2. The lowest BCUT2D eigenvalue weighted by Crippen LogP contribution is -2.11. The smallest absolute Gasteiger partial charge is 0.265 e. The molecule has 2 aromatic rings. The zero-order chi connectivity index (χ0) is 13.3. The van der Waals surface area contributed by atoms with E-state index in [1.54, 1.807) is 12.1 Å². The molecule has 0 aliphatic rings. The van der Waals surface area contributed by atoms with Gasteiger partial charge in [0.25, 0.3) is 5.91 Å². The van der Waals surface area contributed by atoms with Crippen molar-refractivity contribution in [2.24, 2.45) is 0 Å². The van der Waals surface area contributed by atoms with Crippen molar-refractivity contribution in [3.8, 4) is 0 Å². The van der Waals surface area contributed by atoms with Gasteiger partial charge < -0.3 is 11.1 Å². The van der Waals surface area contributed by atoms with Crippen molar-refractivity contribution in [3.05, 3.63) is 44.1 Å². The molecular formula is C13H13BrN2OS. The molecule has 1 amide bonds. The van der Waals surface area contributed by atoms with Crippen LogP contribution in [0.15, 0.2) is 28.7 Å². The largest absolute Gasteiger partial charge is 0.397 e. The Kier molecular flexibility index (Phi) is 3.73. The van der Waals surface area contributed by atoms with E-state index in [9.17, 15) is 4.79 Å². The summed E-state index contributed by atoms with van der Waals surface area (Å²) in [6.45, 7) is 4.00. The summed E-state index contributed by atoms with van der Waals surface area (Å²) in [5, 5.41) is 2.82. The average Bonchev–Trinajstić information content (AvgIpc) is 2.63. The van der Waals surface area contributed by atoms with Crippen LogP contribution in [-0.4, -0.2) is 5.91 Å². The van der Waals surface area contributed by atoms with Crippen LogP contribution in [0.4, 0.5) is 11.4 Å². The lowest BCUT2D eigenvalue weighted by atomic mass is 10.2. The number of hydrogen-bond acceptors (Lipinski definition) is 3. The summed E-state index contributed by atoms with van der Waals surface area (Å²) in [5.41, 5.74) is 8.15. The van der Waals surface area contributed by atoms with Gasteiger partial charge in [0.2, 0.25) is 0 Å². The number of aryl methyl sites for hydroxylation is 2. The van der Waals surface area contributed by atoms with Crippen LogP contribution in [-0.2, 0) is 0 Å². The van der Waals surface area contributed by atoms with Gasteiger partial charge in [0.1, 0.15) is 0 Å². The van der Waals surface area contributed by atoms with Crippen molar-refractivity contribution in [3.63, 3.8) is 0 Å². The summed E-state index contributed by atoms with van der Waals surface area (Å²) in [6, 6.07) is 7.28. The molecule has 0 radical (unpaired) electrons. The lowest BCUT2D eigenvalue weighted by molar-refractivity contribution is 0.103. The van der Waals surface area contributed by atoms with Gasteiger partial charge in [-0.3, -0.25) is 4.79 Å². The fraction of sp³-hybridized carbons (Fsp3) is 0.154. The maximum Gasteiger partial charge on any atom is 0.265 e. The molecular weight excluding hydrogens is 312 g/mol. The topological polar surface area (TPSA) is 55.1 Å². The number of amides is 1. The molecule has 5 heteroatoms. The molecule has 0 atom stereocenters. The molecule has 18 heavy (non-hydrogen) atoms. The quantitative estimate of drug-likeness (QED) is 0.821. The van der Waals surface area contributed by atoms with E-state index >= 15 is 0 Å². The Morgan fingerprint density at radius 3 is 2.61 bits per heavy atom. The van der Waals surface area contributed by atoms with Gasteiger partial charge in [-0.2, -0.15) is 0 Å². The summed E-state index contributed by atoms with van der Waals surface area (Å²) in [6.07, 6.45) is 0. The summed E-state index contributed by atoms with van der Waals surface area (Å²) in [7, 11) is 0. The Morgan fingerprint density at radius 1 is 1.33 bits per heavy atom. The number of halogens is 1. The highest BCUT2D eigenvalue weighted by atomic mass is 79.9. The van der Waals surface area contributed by atoms with Crippen molar-refractivity contribution in [2.75, 3.05) is 11.1 Å². The van der Waals surface area contributed by atoms with Crippen molar-refractivity contribution in [1.29, 1.82) is 0 Å². The number of carbonyl (C=O) groups excluding carboxylic acids is 1. The molecule has 0 aliphatic heterocycles. The Hall–Kier alpha value is -1.33. The van der Waals surface area contributed by atoms with Crippen LogP contribution in [0.25, 0.3) is 0 Å². The highest BCUT2D eigenvalue weighted by molar-refractivity contribution is 9.10. The van der Waals surface area contributed by atoms with E-state index in [1.165, 1.54) is 11.3 Å². The van der Waals surface area contributed by atoms with Gasteiger partial charge in [-0.05, 0) is 43.7 Å². The normalized spacial score (nSPS) is 10.4. The summed E-state index contributed by atoms with van der Waals surface area (Å²) < 4.78 is 0.890. The molecule has 94 valence electrons. The van der Waals surface area contributed by atoms with E-state index in [1.807, 2.05) is 26.0 Å². The molecule has 0 saturated heterocycles. The van der Waals surface area contributed by atoms with E-state index in [0.717, 1.165) is 14.9 Å². The van der Waals surface area contributed by atoms with Crippen LogP contribution in [0.5, 0.6) is 0 Å². The number of thiophene rings is 1. The molecule has 3 nitrogen and oxygen atoms in total. The van der Waals surface area contributed by atoms with E-state index < -0.39 is 0 Å². The van der Waals surface area contributed by atoms with Crippen molar-refractivity contribution >= 4 is 44.5 Å². The Bertz CT molecular complexity index is 588. The number of benzene rings is 1. The highest BCUT2D eigenvalue weighted by Crippen LogP contribution is 2.25. The lowest BCUT2D eigenvalue weighted by Gasteiger charge is -2.07. The molecule has 2 rings (SSSR count). The van der Waals surface area contributed by atoms with E-state index in [0.29, 0.717) is 16.3 Å². The van der Waals surface area contributed by atoms with Crippen molar-refractivity contribution in [1.82, 2.24) is 0 Å². The fourth-order valence-electron chi connectivity index (χ4n) is 1.52. The molecule has 0 fully saturated rings. The van der Waals surface area contributed by atoms with Gasteiger partial charge in [-0.1, -0.05) is 15.9 Å². The Labute approximate surface area is 118 Å². The number of rotatable bonds is 2. The Balaban J connectivity index is 2.21. The first kappa shape index (κ1) is 13.1. The Morgan fingerprint density at radius 2 is 2.06 bits per heavy atom. The molecule has 0 unspecified atom stereocenters. The standard InChI is InChI=1S/C13H13BrN2OS/c1-7-5-12(18-8(7)2)13(17)16-11-4-3-9(14)6-10(11)15/h3-6H,15H2,1-2H3,(H,16,17). The third-order valence-electron chi connectivity index (χ3n) is 2.65. The first-order valence-corrected chi connectivity index (χ1v) is 7.01. The van der Waals surface area contributed by atoms with Gasteiger partial charge in [0.05, 0.1) is 16.3 Å². The summed E-state index contributed by atoms with van der Waals surface area (Å²) in [5.74, 6) is -0.120. The van der Waals surface area contributed by atoms with Crippen LogP contribution in [0.3, 0.4) is 0 Å². The van der Waals surface area contributed by atoms with Crippen LogP contribution >= 0.6 is 27.3 Å². The van der Waals surface area contributed by atoms with Crippen LogP contribution in [0, 0.1) is 13.8 Å². The number of carbonyl (C=O) groups is 1. The zero-order valence-electron chi connectivity index (χ0n) is 10.1. The van der Waals surface area contributed by atoms with Crippen molar-refractivity contribution < 1.29 is 4.79 Å². The molecule has 3 N–H and O–H groups in total. The van der Waals surface area contributed by atoms with Crippen LogP contribution < -0.4 is 11.1 Å². The third kappa shape index (κ3) is 2.73. The summed E-state index contributed by atoms with van der Waals surface area (Å²) >= 11 is 4.82. The van der Waals surface area contributed by atoms with E-state index in [-0.39, 0.29) is 5.91 Å². The van der Waals surface area contributed by atoms with E-state index in [2.05, 4.69) is 21.2 Å². The number of anilines is 2. The second-order valence-electron chi connectivity index (χ2n) is 4.04. The molecule has 1 aromatic carbocycles. The van der Waals surface area contributed by atoms with Gasteiger partial charge >= 0.3 is 0 Å².